The number of carbonyl (C=O) groups excluding carboxylic acids is 1. The molecule has 0 aromatic heterocycles. The van der Waals surface area contributed by atoms with Crippen molar-refractivity contribution < 1.29 is 23.0 Å². The summed E-state index contributed by atoms with van der Waals surface area (Å²) in [7, 11) is 1.40. The third kappa shape index (κ3) is 6.12. The summed E-state index contributed by atoms with van der Waals surface area (Å²) in [6.45, 7) is 3.25. The first-order valence-corrected chi connectivity index (χ1v) is 10.1. The molecule has 2 rings (SSSR count). The maximum absolute atomic E-state index is 12.4. The van der Waals surface area contributed by atoms with Crippen molar-refractivity contribution in [3.8, 4) is 11.5 Å². The number of aryl methyl sites for hydroxylation is 1. The van der Waals surface area contributed by atoms with Crippen molar-refractivity contribution in [1.82, 2.24) is 0 Å². The number of halogens is 2. The Balaban J connectivity index is 1.94. The molecule has 0 aliphatic carbocycles. The Hall–Kier alpha value is -2.28. The fourth-order valence-electron chi connectivity index (χ4n) is 2.77. The summed E-state index contributed by atoms with van der Waals surface area (Å²) in [6, 6.07) is 10.8. The first-order valence-electron chi connectivity index (χ1n) is 8.90. The van der Waals surface area contributed by atoms with Crippen molar-refractivity contribution >= 4 is 23.4 Å². The Labute approximate surface area is 168 Å². The number of carbonyl (C=O) groups is 1. The van der Waals surface area contributed by atoms with Gasteiger partial charge in [-0.1, -0.05) is 38.1 Å². The second-order valence-electron chi connectivity index (χ2n) is 6.60. The molecule has 7 heteroatoms. The van der Waals surface area contributed by atoms with Gasteiger partial charge >= 0.3 is 6.61 Å². The van der Waals surface area contributed by atoms with Crippen LogP contribution in [-0.4, -0.2) is 25.4 Å². The third-order valence-corrected chi connectivity index (χ3v) is 5.14. The van der Waals surface area contributed by atoms with Gasteiger partial charge in [0.15, 0.2) is 11.5 Å². The zero-order chi connectivity index (χ0) is 20.7. The van der Waals surface area contributed by atoms with Crippen LogP contribution >= 0.6 is 11.8 Å². The van der Waals surface area contributed by atoms with Gasteiger partial charge in [0.25, 0.3) is 0 Å². The summed E-state index contributed by atoms with van der Waals surface area (Å²) in [5.74, 6) is 1.29. The van der Waals surface area contributed by atoms with Crippen LogP contribution in [0, 0.1) is 6.92 Å². The SMILES string of the molecule is COc1cc(CSCC(=O)Nc2c(C)cccc2C(C)C)ccc1OC(F)F. The largest absolute Gasteiger partial charge is 0.493 e. The Bertz CT molecular complexity index is 812. The first-order chi connectivity index (χ1) is 13.3. The number of benzene rings is 2. The first kappa shape index (κ1) is 22.0. The minimum atomic E-state index is -2.91. The number of hydrogen-bond donors (Lipinski definition) is 1. The highest BCUT2D eigenvalue weighted by molar-refractivity contribution is 7.99. The number of amides is 1. The van der Waals surface area contributed by atoms with Crippen LogP contribution in [0.2, 0.25) is 0 Å². The molecular formula is C21H25F2NO3S. The zero-order valence-corrected chi connectivity index (χ0v) is 17.2. The lowest BCUT2D eigenvalue weighted by atomic mass is 9.98. The van der Waals surface area contributed by atoms with Gasteiger partial charge in [-0.15, -0.1) is 11.8 Å². The van der Waals surface area contributed by atoms with E-state index in [0.717, 1.165) is 22.4 Å². The molecule has 1 N–H and O–H groups in total. The summed E-state index contributed by atoms with van der Waals surface area (Å²) < 4.78 is 34.3. The van der Waals surface area contributed by atoms with E-state index in [-0.39, 0.29) is 23.2 Å². The summed E-state index contributed by atoms with van der Waals surface area (Å²) in [4.78, 5) is 12.4. The topological polar surface area (TPSA) is 47.6 Å². The molecule has 0 atom stereocenters. The van der Waals surface area contributed by atoms with Crippen molar-refractivity contribution in [2.45, 2.75) is 39.1 Å². The number of nitrogens with one attached hydrogen (secondary N) is 1. The Kier molecular flexibility index (Phi) is 8.11. The summed E-state index contributed by atoms with van der Waals surface area (Å²) in [5.41, 5.74) is 3.87. The molecule has 28 heavy (non-hydrogen) atoms. The van der Waals surface area contributed by atoms with E-state index in [4.69, 9.17) is 4.74 Å². The average Bonchev–Trinajstić information content (AvgIpc) is 2.63. The van der Waals surface area contributed by atoms with E-state index in [1.165, 1.54) is 24.9 Å². The van der Waals surface area contributed by atoms with E-state index in [2.05, 4.69) is 23.9 Å². The third-order valence-electron chi connectivity index (χ3n) is 4.14. The van der Waals surface area contributed by atoms with E-state index >= 15 is 0 Å². The molecule has 0 bridgehead atoms. The quantitative estimate of drug-likeness (QED) is 0.586. The Morgan fingerprint density at radius 2 is 1.93 bits per heavy atom. The molecule has 0 aliphatic heterocycles. The van der Waals surface area contributed by atoms with Crippen LogP contribution in [0.3, 0.4) is 0 Å². The Morgan fingerprint density at radius 3 is 2.57 bits per heavy atom. The average molecular weight is 409 g/mol. The van der Waals surface area contributed by atoms with Crippen LogP contribution in [-0.2, 0) is 10.5 Å². The van der Waals surface area contributed by atoms with Gasteiger partial charge in [0.1, 0.15) is 0 Å². The number of anilines is 1. The summed E-state index contributed by atoms with van der Waals surface area (Å²) in [5, 5.41) is 3.01. The Morgan fingerprint density at radius 1 is 1.18 bits per heavy atom. The monoisotopic (exact) mass is 409 g/mol. The van der Waals surface area contributed by atoms with Crippen LogP contribution in [0.15, 0.2) is 36.4 Å². The van der Waals surface area contributed by atoms with Gasteiger partial charge in [-0.2, -0.15) is 8.78 Å². The number of methoxy groups -OCH3 is 1. The molecule has 0 radical (unpaired) electrons. The number of hydrogen-bond acceptors (Lipinski definition) is 4. The van der Waals surface area contributed by atoms with Crippen molar-refractivity contribution in [3.05, 3.63) is 53.1 Å². The number of para-hydroxylation sites is 1. The highest BCUT2D eigenvalue weighted by Crippen LogP contribution is 2.31. The number of thioether (sulfide) groups is 1. The molecule has 1 amide bonds. The van der Waals surface area contributed by atoms with Crippen molar-refractivity contribution in [3.63, 3.8) is 0 Å². The van der Waals surface area contributed by atoms with Crippen LogP contribution in [0.4, 0.5) is 14.5 Å². The van der Waals surface area contributed by atoms with Crippen molar-refractivity contribution in [2.75, 3.05) is 18.2 Å². The number of ether oxygens (including phenoxy) is 2. The fraction of sp³-hybridized carbons (Fsp3) is 0.381. The molecule has 2 aromatic carbocycles. The van der Waals surface area contributed by atoms with Gasteiger partial charge in [-0.25, -0.2) is 0 Å². The molecule has 2 aromatic rings. The van der Waals surface area contributed by atoms with Crippen molar-refractivity contribution in [1.29, 1.82) is 0 Å². The molecule has 0 heterocycles. The molecule has 152 valence electrons. The lowest BCUT2D eigenvalue weighted by Gasteiger charge is -2.16. The van der Waals surface area contributed by atoms with Gasteiger partial charge in [0.05, 0.1) is 12.9 Å². The molecule has 0 aliphatic rings. The molecular weight excluding hydrogens is 384 g/mol. The maximum Gasteiger partial charge on any atom is 0.387 e. The lowest BCUT2D eigenvalue weighted by Crippen LogP contribution is -2.16. The predicted molar refractivity (Wildman–Crippen MR) is 110 cm³/mol. The second-order valence-corrected chi connectivity index (χ2v) is 7.58. The predicted octanol–water partition coefficient (Wildman–Crippen LogP) is 5.60. The molecule has 4 nitrogen and oxygen atoms in total. The van der Waals surface area contributed by atoms with Gasteiger partial charge in [-0.3, -0.25) is 4.79 Å². The molecule has 0 fully saturated rings. The minimum absolute atomic E-state index is 0.00948. The van der Waals surface area contributed by atoms with Crippen LogP contribution in [0.1, 0.15) is 36.5 Å². The van der Waals surface area contributed by atoms with E-state index < -0.39 is 6.61 Å². The summed E-state index contributed by atoms with van der Waals surface area (Å²) in [6.07, 6.45) is 0. The van der Waals surface area contributed by atoms with Gasteiger partial charge in [0, 0.05) is 11.4 Å². The lowest BCUT2D eigenvalue weighted by molar-refractivity contribution is -0.113. The smallest absolute Gasteiger partial charge is 0.387 e. The highest BCUT2D eigenvalue weighted by Gasteiger charge is 2.13. The fourth-order valence-corrected chi connectivity index (χ4v) is 3.55. The normalized spacial score (nSPS) is 11.0. The van der Waals surface area contributed by atoms with E-state index in [1.54, 1.807) is 12.1 Å². The molecule has 0 unspecified atom stereocenters. The van der Waals surface area contributed by atoms with Gasteiger partial charge in [-0.05, 0) is 41.7 Å². The van der Waals surface area contributed by atoms with Crippen LogP contribution in [0.25, 0.3) is 0 Å². The van der Waals surface area contributed by atoms with E-state index in [9.17, 15) is 13.6 Å². The summed E-state index contributed by atoms with van der Waals surface area (Å²) >= 11 is 1.44. The number of rotatable bonds is 9. The zero-order valence-electron chi connectivity index (χ0n) is 16.4. The molecule has 0 saturated heterocycles. The van der Waals surface area contributed by atoms with Gasteiger partial charge in [0.2, 0.25) is 5.91 Å². The molecule has 0 spiro atoms. The second kappa shape index (κ2) is 10.3. The van der Waals surface area contributed by atoms with Crippen LogP contribution in [0.5, 0.6) is 11.5 Å². The van der Waals surface area contributed by atoms with E-state index in [0.29, 0.717) is 11.7 Å². The maximum atomic E-state index is 12.4. The van der Waals surface area contributed by atoms with Crippen molar-refractivity contribution in [2.24, 2.45) is 0 Å². The van der Waals surface area contributed by atoms with Gasteiger partial charge < -0.3 is 14.8 Å². The van der Waals surface area contributed by atoms with E-state index in [1.807, 2.05) is 25.1 Å². The van der Waals surface area contributed by atoms with Crippen LogP contribution < -0.4 is 14.8 Å². The minimum Gasteiger partial charge on any atom is -0.493 e. The molecule has 0 saturated carbocycles. The standard InChI is InChI=1S/C21H25F2NO3S/c1-13(2)16-7-5-6-14(3)20(16)24-19(25)12-28-11-15-8-9-17(27-21(22)23)18(10-15)26-4/h5-10,13,21H,11-12H2,1-4H3,(H,24,25). The number of alkyl halides is 2. The highest BCUT2D eigenvalue weighted by atomic mass is 32.2.